The third-order valence-corrected chi connectivity index (χ3v) is 5.18. The Labute approximate surface area is 173 Å². The Hall–Kier alpha value is -2.73. The van der Waals surface area contributed by atoms with Gasteiger partial charge in [-0.1, -0.05) is 24.3 Å². The van der Waals surface area contributed by atoms with E-state index in [1.807, 2.05) is 18.2 Å². The molecule has 0 amide bonds. The lowest BCUT2D eigenvalue weighted by Gasteiger charge is -2.28. The molecule has 0 saturated heterocycles. The van der Waals surface area contributed by atoms with Crippen molar-refractivity contribution in [3.05, 3.63) is 59.2 Å². The minimum absolute atomic E-state index is 0.541. The molecule has 0 spiro atoms. The molecular weight excluding hydrogens is 364 g/mol. The van der Waals surface area contributed by atoms with Crippen LogP contribution in [0.2, 0.25) is 0 Å². The monoisotopic (exact) mass is 396 g/mol. The number of nitrogens with one attached hydrogen (secondary N) is 2. The fourth-order valence-corrected chi connectivity index (χ4v) is 3.57. The van der Waals surface area contributed by atoms with Crippen molar-refractivity contribution in [2.24, 2.45) is 4.99 Å². The number of benzene rings is 2. The van der Waals surface area contributed by atoms with E-state index in [1.165, 1.54) is 11.1 Å². The maximum atomic E-state index is 5.47. The molecule has 0 bridgehead atoms. The minimum Gasteiger partial charge on any atom is -0.497 e. The third kappa shape index (κ3) is 5.87. The van der Waals surface area contributed by atoms with Gasteiger partial charge in [0.2, 0.25) is 0 Å². The molecule has 0 unspecified atom stereocenters. The highest BCUT2D eigenvalue weighted by atomic mass is 16.5. The summed E-state index contributed by atoms with van der Waals surface area (Å²) in [5, 5.41) is 6.78. The van der Waals surface area contributed by atoms with Crippen molar-refractivity contribution in [2.75, 3.05) is 40.4 Å². The number of hydrogen-bond acceptors (Lipinski definition) is 4. The molecule has 0 saturated carbocycles. The Morgan fingerprint density at radius 1 is 1.07 bits per heavy atom. The Bertz CT molecular complexity index is 822. The number of hydrogen-bond donors (Lipinski definition) is 2. The van der Waals surface area contributed by atoms with Crippen LogP contribution in [0.3, 0.4) is 0 Å². The van der Waals surface area contributed by atoms with Crippen LogP contribution >= 0.6 is 0 Å². The molecule has 1 aliphatic heterocycles. The van der Waals surface area contributed by atoms with E-state index in [1.54, 1.807) is 14.2 Å². The van der Waals surface area contributed by atoms with Gasteiger partial charge in [-0.2, -0.15) is 0 Å². The number of aliphatic imine (C=N–C) groups is 1. The summed E-state index contributed by atoms with van der Waals surface area (Å²) in [5.74, 6) is 2.39. The van der Waals surface area contributed by atoms with Gasteiger partial charge in [0.05, 0.1) is 20.8 Å². The molecule has 1 aliphatic rings. The van der Waals surface area contributed by atoms with Gasteiger partial charge in [0.25, 0.3) is 0 Å². The van der Waals surface area contributed by atoms with Crippen LogP contribution in [0.15, 0.2) is 47.5 Å². The molecule has 6 nitrogen and oxygen atoms in total. The van der Waals surface area contributed by atoms with Crippen LogP contribution in [0.1, 0.15) is 23.6 Å². The molecule has 3 rings (SSSR count). The Morgan fingerprint density at radius 2 is 1.90 bits per heavy atom. The standard InChI is InChI=1S/C23H32N4O2/c1-4-24-23(26-16-19-9-10-21(28-2)15-22(19)29-3)25-12-14-27-13-11-18-7-5-6-8-20(18)17-27/h5-10,15H,4,11-14,16-17H2,1-3H3,(H2,24,25,26). The number of ether oxygens (including phenoxy) is 2. The summed E-state index contributed by atoms with van der Waals surface area (Å²) in [7, 11) is 3.32. The van der Waals surface area contributed by atoms with Crippen LogP contribution in [0.25, 0.3) is 0 Å². The molecule has 0 radical (unpaired) electrons. The maximum Gasteiger partial charge on any atom is 0.191 e. The first-order chi connectivity index (χ1) is 14.2. The smallest absolute Gasteiger partial charge is 0.191 e. The van der Waals surface area contributed by atoms with Crippen molar-refractivity contribution in [3.63, 3.8) is 0 Å². The summed E-state index contributed by atoms with van der Waals surface area (Å²) >= 11 is 0. The highest BCUT2D eigenvalue weighted by molar-refractivity contribution is 5.79. The highest BCUT2D eigenvalue weighted by Gasteiger charge is 2.15. The summed E-state index contributed by atoms with van der Waals surface area (Å²) in [6.45, 7) is 7.41. The number of nitrogens with zero attached hydrogens (tertiary/aromatic N) is 2. The zero-order valence-corrected chi connectivity index (χ0v) is 17.7. The molecule has 0 fully saturated rings. The molecule has 0 atom stereocenters. The molecule has 2 N–H and O–H groups in total. The summed E-state index contributed by atoms with van der Waals surface area (Å²) in [6.07, 6.45) is 1.13. The first kappa shape index (κ1) is 21.0. The van der Waals surface area contributed by atoms with Gasteiger partial charge in [-0.15, -0.1) is 0 Å². The molecule has 156 valence electrons. The Morgan fingerprint density at radius 3 is 2.66 bits per heavy atom. The fourth-order valence-electron chi connectivity index (χ4n) is 3.57. The van der Waals surface area contributed by atoms with Crippen LogP contribution in [-0.4, -0.2) is 51.3 Å². The zero-order valence-electron chi connectivity index (χ0n) is 17.7. The Balaban J connectivity index is 1.54. The van der Waals surface area contributed by atoms with Crippen molar-refractivity contribution in [1.82, 2.24) is 15.5 Å². The van der Waals surface area contributed by atoms with Crippen LogP contribution in [0.5, 0.6) is 11.5 Å². The molecule has 2 aromatic rings. The van der Waals surface area contributed by atoms with E-state index in [-0.39, 0.29) is 0 Å². The normalized spacial score (nSPS) is 14.2. The molecule has 29 heavy (non-hydrogen) atoms. The van der Waals surface area contributed by atoms with Crippen molar-refractivity contribution in [3.8, 4) is 11.5 Å². The van der Waals surface area contributed by atoms with Gasteiger partial charge in [-0.25, -0.2) is 4.99 Å². The topological polar surface area (TPSA) is 58.1 Å². The van der Waals surface area contributed by atoms with Crippen LogP contribution in [0, 0.1) is 0 Å². The van der Waals surface area contributed by atoms with Gasteiger partial charge in [-0.05, 0) is 36.6 Å². The van der Waals surface area contributed by atoms with E-state index in [0.717, 1.165) is 62.2 Å². The van der Waals surface area contributed by atoms with Gasteiger partial charge < -0.3 is 20.1 Å². The van der Waals surface area contributed by atoms with Gasteiger partial charge in [0, 0.05) is 44.4 Å². The van der Waals surface area contributed by atoms with Gasteiger partial charge in [0.1, 0.15) is 11.5 Å². The average molecular weight is 397 g/mol. The van der Waals surface area contributed by atoms with E-state index in [9.17, 15) is 0 Å². The molecule has 1 heterocycles. The predicted octanol–water partition coefficient (Wildman–Crippen LogP) is 2.82. The third-order valence-electron chi connectivity index (χ3n) is 5.18. The molecule has 2 aromatic carbocycles. The number of methoxy groups -OCH3 is 2. The van der Waals surface area contributed by atoms with Crippen molar-refractivity contribution in [1.29, 1.82) is 0 Å². The van der Waals surface area contributed by atoms with Gasteiger partial charge in [0.15, 0.2) is 5.96 Å². The number of rotatable bonds is 8. The number of guanidine groups is 1. The largest absolute Gasteiger partial charge is 0.497 e. The van der Waals surface area contributed by atoms with Gasteiger partial charge >= 0.3 is 0 Å². The van der Waals surface area contributed by atoms with Crippen molar-refractivity contribution >= 4 is 5.96 Å². The minimum atomic E-state index is 0.541. The summed E-state index contributed by atoms with van der Waals surface area (Å²) in [6, 6.07) is 14.6. The fraction of sp³-hybridized carbons (Fsp3) is 0.435. The second kappa shape index (κ2) is 10.7. The van der Waals surface area contributed by atoms with E-state index >= 15 is 0 Å². The van der Waals surface area contributed by atoms with E-state index in [4.69, 9.17) is 14.5 Å². The summed E-state index contributed by atoms with van der Waals surface area (Å²) < 4.78 is 10.7. The molecule has 0 aliphatic carbocycles. The highest BCUT2D eigenvalue weighted by Crippen LogP contribution is 2.25. The summed E-state index contributed by atoms with van der Waals surface area (Å²) in [4.78, 5) is 7.21. The maximum absolute atomic E-state index is 5.47. The van der Waals surface area contributed by atoms with Crippen LogP contribution in [0.4, 0.5) is 0 Å². The first-order valence-electron chi connectivity index (χ1n) is 10.3. The van der Waals surface area contributed by atoms with Crippen molar-refractivity contribution in [2.45, 2.75) is 26.4 Å². The SMILES string of the molecule is CCNC(=NCc1ccc(OC)cc1OC)NCCN1CCc2ccccc2C1. The Kier molecular flexibility index (Phi) is 7.76. The van der Waals surface area contributed by atoms with E-state index < -0.39 is 0 Å². The lowest BCUT2D eigenvalue weighted by molar-refractivity contribution is 0.258. The van der Waals surface area contributed by atoms with E-state index in [2.05, 4.69) is 46.7 Å². The molecular formula is C23H32N4O2. The lowest BCUT2D eigenvalue weighted by Crippen LogP contribution is -2.42. The lowest BCUT2D eigenvalue weighted by atomic mass is 10.00. The second-order valence-corrected chi connectivity index (χ2v) is 7.09. The quantitative estimate of drug-likeness (QED) is 0.531. The number of fused-ring (bicyclic) bond motifs is 1. The zero-order chi connectivity index (χ0) is 20.5. The molecule has 6 heteroatoms. The van der Waals surface area contributed by atoms with E-state index in [0.29, 0.717) is 6.54 Å². The average Bonchev–Trinajstić information content (AvgIpc) is 2.77. The predicted molar refractivity (Wildman–Crippen MR) is 118 cm³/mol. The van der Waals surface area contributed by atoms with Crippen LogP contribution in [-0.2, 0) is 19.5 Å². The van der Waals surface area contributed by atoms with Crippen molar-refractivity contribution < 1.29 is 9.47 Å². The van der Waals surface area contributed by atoms with Crippen LogP contribution < -0.4 is 20.1 Å². The second-order valence-electron chi connectivity index (χ2n) is 7.09. The summed E-state index contributed by atoms with van der Waals surface area (Å²) in [5.41, 5.74) is 3.96. The first-order valence-corrected chi connectivity index (χ1v) is 10.3. The van der Waals surface area contributed by atoms with Gasteiger partial charge in [-0.3, -0.25) is 4.90 Å². The molecule has 0 aromatic heterocycles.